The summed E-state index contributed by atoms with van der Waals surface area (Å²) in [5.74, 6) is 0. The molecule has 66 valence electrons. The molecule has 0 bridgehead atoms. The van der Waals surface area contributed by atoms with Crippen LogP contribution in [0.5, 0.6) is 0 Å². The van der Waals surface area contributed by atoms with E-state index in [2.05, 4.69) is 60.6 Å². The molecule has 0 fully saturated rings. The summed E-state index contributed by atoms with van der Waals surface area (Å²) in [6.45, 7) is 2.10. The van der Waals surface area contributed by atoms with Crippen molar-refractivity contribution in [3.05, 3.63) is 54.4 Å². The lowest BCUT2D eigenvalue weighted by molar-refractivity contribution is 1.18. The minimum absolute atomic E-state index is 1.04. The van der Waals surface area contributed by atoms with E-state index in [9.17, 15) is 0 Å². The highest BCUT2D eigenvalue weighted by atomic mass is 15.1. The van der Waals surface area contributed by atoms with Crippen molar-refractivity contribution in [1.82, 2.24) is 0 Å². The van der Waals surface area contributed by atoms with Crippen LogP contribution in [0.15, 0.2) is 48.8 Å². The predicted molar refractivity (Wildman–Crippen MR) is 56.6 cm³/mol. The molecule has 0 N–H and O–H groups in total. The van der Waals surface area contributed by atoms with Crippen molar-refractivity contribution >= 4 is 5.69 Å². The molecule has 1 aromatic carbocycles. The molecule has 1 heteroatoms. The molecule has 1 aliphatic rings. The third kappa shape index (κ3) is 1.81. The number of hydrogen-bond acceptors (Lipinski definition) is 1. The van der Waals surface area contributed by atoms with Gasteiger partial charge in [0.25, 0.3) is 0 Å². The summed E-state index contributed by atoms with van der Waals surface area (Å²) < 4.78 is 0. The van der Waals surface area contributed by atoms with Gasteiger partial charge in [-0.2, -0.15) is 0 Å². The van der Waals surface area contributed by atoms with Crippen molar-refractivity contribution in [1.29, 1.82) is 0 Å². The SMILES string of the molecule is Cc1ccc(N2C=CCC=C2)cc1. The third-order valence-electron chi connectivity index (χ3n) is 2.14. The molecule has 0 unspecified atom stereocenters. The van der Waals surface area contributed by atoms with Gasteiger partial charge in [-0.3, -0.25) is 0 Å². The molecule has 0 aromatic heterocycles. The Morgan fingerprint density at radius 3 is 2.23 bits per heavy atom. The van der Waals surface area contributed by atoms with Crippen LogP contribution in [0.3, 0.4) is 0 Å². The van der Waals surface area contributed by atoms with Crippen molar-refractivity contribution in [2.45, 2.75) is 13.3 Å². The topological polar surface area (TPSA) is 3.24 Å². The lowest BCUT2D eigenvalue weighted by Crippen LogP contribution is -2.08. The minimum Gasteiger partial charge on any atom is -0.324 e. The van der Waals surface area contributed by atoms with Gasteiger partial charge in [0, 0.05) is 18.1 Å². The molecular formula is C12H13N. The minimum atomic E-state index is 1.04. The number of rotatable bonds is 1. The van der Waals surface area contributed by atoms with Crippen LogP contribution < -0.4 is 4.90 Å². The van der Waals surface area contributed by atoms with Crippen LogP contribution >= 0.6 is 0 Å². The van der Waals surface area contributed by atoms with Gasteiger partial charge in [0.05, 0.1) is 0 Å². The number of hydrogen-bond donors (Lipinski definition) is 0. The summed E-state index contributed by atoms with van der Waals surface area (Å²) in [6, 6.07) is 8.53. The van der Waals surface area contributed by atoms with E-state index in [4.69, 9.17) is 0 Å². The van der Waals surface area contributed by atoms with E-state index in [1.54, 1.807) is 0 Å². The highest BCUT2D eigenvalue weighted by Gasteiger charge is 1.99. The summed E-state index contributed by atoms with van der Waals surface area (Å²) in [4.78, 5) is 2.13. The van der Waals surface area contributed by atoms with Crippen molar-refractivity contribution in [2.24, 2.45) is 0 Å². The van der Waals surface area contributed by atoms with Gasteiger partial charge in [-0.25, -0.2) is 0 Å². The third-order valence-corrected chi connectivity index (χ3v) is 2.14. The lowest BCUT2D eigenvalue weighted by atomic mass is 10.2. The zero-order valence-corrected chi connectivity index (χ0v) is 7.77. The Labute approximate surface area is 79.0 Å². The quantitative estimate of drug-likeness (QED) is 0.627. The molecule has 0 saturated carbocycles. The summed E-state index contributed by atoms with van der Waals surface area (Å²) in [6.07, 6.45) is 9.55. The van der Waals surface area contributed by atoms with Crippen LogP contribution in [0.4, 0.5) is 5.69 Å². The van der Waals surface area contributed by atoms with Gasteiger partial charge in [0.2, 0.25) is 0 Å². The largest absolute Gasteiger partial charge is 0.324 e. The van der Waals surface area contributed by atoms with Crippen LogP contribution in [-0.4, -0.2) is 0 Å². The number of aryl methyl sites for hydroxylation is 1. The summed E-state index contributed by atoms with van der Waals surface area (Å²) in [5, 5.41) is 0. The molecule has 2 rings (SSSR count). The number of benzene rings is 1. The van der Waals surface area contributed by atoms with Crippen LogP contribution in [0.2, 0.25) is 0 Å². The molecule has 1 nitrogen and oxygen atoms in total. The van der Waals surface area contributed by atoms with Crippen LogP contribution in [0.1, 0.15) is 12.0 Å². The Morgan fingerprint density at radius 2 is 1.62 bits per heavy atom. The standard InChI is InChI=1S/C12H13N/c1-11-5-7-12(8-6-11)13-9-3-2-4-10-13/h3-10H,2H2,1H3. The van der Waals surface area contributed by atoms with Crippen LogP contribution in [0.25, 0.3) is 0 Å². The lowest BCUT2D eigenvalue weighted by Gasteiger charge is -2.17. The Kier molecular flexibility index (Phi) is 2.17. The summed E-state index contributed by atoms with van der Waals surface area (Å²) in [5.41, 5.74) is 2.52. The summed E-state index contributed by atoms with van der Waals surface area (Å²) >= 11 is 0. The first kappa shape index (κ1) is 8.11. The average molecular weight is 171 g/mol. The van der Waals surface area contributed by atoms with Gasteiger partial charge in [0.1, 0.15) is 0 Å². The Balaban J connectivity index is 2.25. The van der Waals surface area contributed by atoms with Crippen molar-refractivity contribution in [2.75, 3.05) is 4.90 Å². The molecule has 0 spiro atoms. The number of nitrogens with zero attached hydrogens (tertiary/aromatic N) is 1. The van der Waals surface area contributed by atoms with E-state index in [1.165, 1.54) is 11.3 Å². The second-order valence-electron chi connectivity index (χ2n) is 3.25. The molecule has 1 aromatic rings. The van der Waals surface area contributed by atoms with Gasteiger partial charge in [-0.05, 0) is 25.5 Å². The van der Waals surface area contributed by atoms with E-state index < -0.39 is 0 Å². The van der Waals surface area contributed by atoms with Gasteiger partial charge in [-0.15, -0.1) is 0 Å². The first-order valence-electron chi connectivity index (χ1n) is 4.54. The number of anilines is 1. The highest BCUT2D eigenvalue weighted by molar-refractivity contribution is 5.53. The maximum atomic E-state index is 2.15. The molecule has 0 amide bonds. The second kappa shape index (κ2) is 3.48. The molecule has 0 saturated heterocycles. The zero-order valence-electron chi connectivity index (χ0n) is 7.77. The van der Waals surface area contributed by atoms with Crippen molar-refractivity contribution in [3.8, 4) is 0 Å². The predicted octanol–water partition coefficient (Wildman–Crippen LogP) is 3.23. The fraction of sp³-hybridized carbons (Fsp3) is 0.167. The normalized spacial score (nSPS) is 15.0. The maximum Gasteiger partial charge on any atom is 0.0449 e. The Bertz CT molecular complexity index is 321. The maximum absolute atomic E-state index is 2.15. The Morgan fingerprint density at radius 1 is 1.00 bits per heavy atom. The zero-order chi connectivity index (χ0) is 9.10. The van der Waals surface area contributed by atoms with E-state index in [0.29, 0.717) is 0 Å². The number of allylic oxidation sites excluding steroid dienone is 2. The summed E-state index contributed by atoms with van der Waals surface area (Å²) in [7, 11) is 0. The molecule has 0 atom stereocenters. The fourth-order valence-corrected chi connectivity index (χ4v) is 1.37. The molecule has 1 aliphatic heterocycles. The fourth-order valence-electron chi connectivity index (χ4n) is 1.37. The van der Waals surface area contributed by atoms with Crippen molar-refractivity contribution in [3.63, 3.8) is 0 Å². The van der Waals surface area contributed by atoms with E-state index in [-0.39, 0.29) is 0 Å². The van der Waals surface area contributed by atoms with Gasteiger partial charge in [-0.1, -0.05) is 29.8 Å². The van der Waals surface area contributed by atoms with Crippen molar-refractivity contribution < 1.29 is 0 Å². The molecule has 1 heterocycles. The van der Waals surface area contributed by atoms with Gasteiger partial charge >= 0.3 is 0 Å². The van der Waals surface area contributed by atoms with Crippen LogP contribution in [0, 0.1) is 6.92 Å². The molecule has 0 aliphatic carbocycles. The highest BCUT2D eigenvalue weighted by Crippen LogP contribution is 2.17. The second-order valence-corrected chi connectivity index (χ2v) is 3.25. The van der Waals surface area contributed by atoms with Crippen LogP contribution in [-0.2, 0) is 0 Å². The van der Waals surface area contributed by atoms with E-state index in [1.807, 2.05) is 0 Å². The Hall–Kier alpha value is -1.50. The van der Waals surface area contributed by atoms with Gasteiger partial charge < -0.3 is 4.90 Å². The molecule has 13 heavy (non-hydrogen) atoms. The average Bonchev–Trinajstić information content (AvgIpc) is 2.20. The first-order valence-corrected chi connectivity index (χ1v) is 4.54. The molecular weight excluding hydrogens is 158 g/mol. The smallest absolute Gasteiger partial charge is 0.0449 e. The molecule has 0 radical (unpaired) electrons. The van der Waals surface area contributed by atoms with E-state index >= 15 is 0 Å². The first-order chi connectivity index (χ1) is 6.36. The van der Waals surface area contributed by atoms with Gasteiger partial charge in [0.15, 0.2) is 0 Å². The van der Waals surface area contributed by atoms with E-state index in [0.717, 1.165) is 6.42 Å². The monoisotopic (exact) mass is 171 g/mol.